The Morgan fingerprint density at radius 2 is 2.13 bits per heavy atom. The van der Waals surface area contributed by atoms with Gasteiger partial charge in [0, 0.05) is 0 Å². The first-order valence-electron chi connectivity index (χ1n) is 4.31. The number of hydrogen-bond donors (Lipinski definition) is 1. The second kappa shape index (κ2) is 4.30. The maximum atomic E-state index is 11.6. The Morgan fingerprint density at radius 3 is 2.67 bits per heavy atom. The quantitative estimate of drug-likeness (QED) is 0.628. The van der Waals surface area contributed by atoms with Crippen LogP contribution in [0.2, 0.25) is 0 Å². The highest BCUT2D eigenvalue weighted by Gasteiger charge is 2.21. The highest BCUT2D eigenvalue weighted by molar-refractivity contribution is 14.1. The summed E-state index contributed by atoms with van der Waals surface area (Å²) in [6.07, 6.45) is 1.49. The first-order valence-corrected chi connectivity index (χ1v) is 5.39. The van der Waals surface area contributed by atoms with E-state index in [1.807, 2.05) is 22.6 Å². The number of anilines is 1. The zero-order valence-electron chi connectivity index (χ0n) is 8.74. The van der Waals surface area contributed by atoms with E-state index in [1.165, 1.54) is 6.20 Å². The summed E-state index contributed by atoms with van der Waals surface area (Å²) in [4.78, 5) is 19.4. The predicted octanol–water partition coefficient (Wildman–Crippen LogP) is 1.62. The van der Waals surface area contributed by atoms with E-state index in [-0.39, 0.29) is 11.5 Å². The fourth-order valence-electron chi connectivity index (χ4n) is 0.854. The van der Waals surface area contributed by atoms with Gasteiger partial charge in [-0.3, -0.25) is 0 Å². The van der Waals surface area contributed by atoms with Crippen molar-refractivity contribution in [2.75, 3.05) is 5.73 Å². The van der Waals surface area contributed by atoms with E-state index in [2.05, 4.69) is 9.97 Å². The lowest BCUT2D eigenvalue weighted by Crippen LogP contribution is -2.25. The van der Waals surface area contributed by atoms with Crippen molar-refractivity contribution in [3.63, 3.8) is 0 Å². The maximum Gasteiger partial charge on any atom is 0.361 e. The molecule has 1 aromatic rings. The van der Waals surface area contributed by atoms with Gasteiger partial charge in [-0.25, -0.2) is 14.8 Å². The van der Waals surface area contributed by atoms with E-state index < -0.39 is 11.6 Å². The zero-order chi connectivity index (χ0) is 11.6. The minimum atomic E-state index is -0.563. The second-order valence-corrected chi connectivity index (χ2v) is 5.03. The van der Waals surface area contributed by atoms with E-state index in [4.69, 9.17) is 10.5 Å². The minimum absolute atomic E-state index is 0.0665. The first kappa shape index (κ1) is 12.2. The van der Waals surface area contributed by atoms with Gasteiger partial charge in [-0.1, -0.05) is 0 Å². The van der Waals surface area contributed by atoms with E-state index in [9.17, 15) is 4.79 Å². The topological polar surface area (TPSA) is 78.1 Å². The summed E-state index contributed by atoms with van der Waals surface area (Å²) >= 11 is 1.96. The van der Waals surface area contributed by atoms with Gasteiger partial charge in [0.2, 0.25) is 0 Å². The molecular formula is C9H12IN3O2. The normalized spacial score (nSPS) is 11.2. The molecule has 5 nitrogen and oxygen atoms in total. The largest absolute Gasteiger partial charge is 0.455 e. The maximum absolute atomic E-state index is 11.6. The Hall–Kier alpha value is -0.920. The molecule has 0 unspecified atom stereocenters. The van der Waals surface area contributed by atoms with Crippen molar-refractivity contribution in [3.8, 4) is 0 Å². The average molecular weight is 321 g/mol. The Bertz CT molecular complexity index is 387. The van der Waals surface area contributed by atoms with E-state index in [0.717, 1.165) is 0 Å². The van der Waals surface area contributed by atoms with Crippen molar-refractivity contribution in [2.45, 2.75) is 26.4 Å². The molecular weight excluding hydrogens is 309 g/mol. The Balaban J connectivity index is 2.96. The molecule has 0 aliphatic rings. The van der Waals surface area contributed by atoms with Crippen LogP contribution in [0.15, 0.2) is 6.20 Å². The number of halogens is 1. The lowest BCUT2D eigenvalue weighted by molar-refractivity contribution is 0.00636. The SMILES string of the molecule is CC(C)(C)OC(=O)c1nc(I)cnc1N. The predicted molar refractivity (Wildman–Crippen MR) is 64.3 cm³/mol. The van der Waals surface area contributed by atoms with Crippen molar-refractivity contribution < 1.29 is 9.53 Å². The summed E-state index contributed by atoms with van der Waals surface area (Å²) in [5, 5.41) is 0. The lowest BCUT2D eigenvalue weighted by Gasteiger charge is -2.19. The molecule has 6 heteroatoms. The molecule has 1 heterocycles. The smallest absolute Gasteiger partial charge is 0.361 e. The van der Waals surface area contributed by atoms with Crippen LogP contribution in [0.1, 0.15) is 31.3 Å². The fourth-order valence-corrected chi connectivity index (χ4v) is 1.23. The number of nitrogens with two attached hydrogens (primary N) is 1. The third-order valence-electron chi connectivity index (χ3n) is 1.36. The Kier molecular flexibility index (Phi) is 3.48. The van der Waals surface area contributed by atoms with Gasteiger partial charge in [-0.15, -0.1) is 0 Å². The average Bonchev–Trinajstić information content (AvgIpc) is 2.06. The lowest BCUT2D eigenvalue weighted by atomic mass is 10.2. The summed E-state index contributed by atoms with van der Waals surface area (Å²) in [5.41, 5.74) is 5.03. The van der Waals surface area contributed by atoms with E-state index in [1.54, 1.807) is 20.8 Å². The molecule has 0 saturated heterocycles. The number of nitrogens with zero attached hydrogens (tertiary/aromatic N) is 2. The van der Waals surface area contributed by atoms with Gasteiger partial charge in [-0.05, 0) is 43.4 Å². The minimum Gasteiger partial charge on any atom is -0.455 e. The number of aromatic nitrogens is 2. The van der Waals surface area contributed by atoms with Gasteiger partial charge in [0.25, 0.3) is 0 Å². The van der Waals surface area contributed by atoms with Crippen LogP contribution < -0.4 is 5.73 Å². The van der Waals surface area contributed by atoms with Gasteiger partial charge in [0.05, 0.1) is 6.20 Å². The third kappa shape index (κ3) is 3.61. The van der Waals surface area contributed by atoms with Gasteiger partial charge >= 0.3 is 5.97 Å². The van der Waals surface area contributed by atoms with Gasteiger partial charge in [0.15, 0.2) is 11.5 Å². The van der Waals surface area contributed by atoms with Crippen LogP contribution in [-0.2, 0) is 4.74 Å². The first-order chi connectivity index (χ1) is 6.79. The van der Waals surface area contributed by atoms with Crippen LogP contribution >= 0.6 is 22.6 Å². The highest BCUT2D eigenvalue weighted by atomic mass is 127. The molecule has 0 bridgehead atoms. The number of carbonyl (C=O) groups excluding carboxylic acids is 1. The molecule has 0 saturated carbocycles. The zero-order valence-corrected chi connectivity index (χ0v) is 10.9. The van der Waals surface area contributed by atoms with Crippen molar-refractivity contribution >= 4 is 34.4 Å². The molecule has 0 atom stereocenters. The summed E-state index contributed by atoms with van der Waals surface area (Å²) in [5.74, 6) is -0.462. The Morgan fingerprint density at radius 1 is 1.53 bits per heavy atom. The van der Waals surface area contributed by atoms with Gasteiger partial charge in [0.1, 0.15) is 9.30 Å². The molecule has 0 amide bonds. The van der Waals surface area contributed by atoms with Crippen LogP contribution in [0, 0.1) is 3.70 Å². The van der Waals surface area contributed by atoms with Gasteiger partial charge in [-0.2, -0.15) is 0 Å². The number of carbonyl (C=O) groups is 1. The van der Waals surface area contributed by atoms with Crippen molar-refractivity contribution in [3.05, 3.63) is 15.6 Å². The van der Waals surface area contributed by atoms with Gasteiger partial charge < -0.3 is 10.5 Å². The van der Waals surface area contributed by atoms with Crippen LogP contribution in [0.4, 0.5) is 5.82 Å². The summed E-state index contributed by atoms with van der Waals surface area (Å²) < 4.78 is 5.73. The highest BCUT2D eigenvalue weighted by Crippen LogP contribution is 2.14. The molecule has 0 aromatic carbocycles. The Labute approximate surface area is 102 Å². The molecule has 0 radical (unpaired) electrons. The molecule has 0 aliphatic carbocycles. The fraction of sp³-hybridized carbons (Fsp3) is 0.444. The monoisotopic (exact) mass is 321 g/mol. The second-order valence-electron chi connectivity index (χ2n) is 3.93. The molecule has 0 aliphatic heterocycles. The van der Waals surface area contributed by atoms with E-state index >= 15 is 0 Å². The van der Waals surface area contributed by atoms with Crippen molar-refractivity contribution in [1.29, 1.82) is 0 Å². The number of esters is 1. The molecule has 15 heavy (non-hydrogen) atoms. The standard InChI is InChI=1S/C9H12IN3O2/c1-9(2,3)15-8(14)6-7(11)12-4-5(10)13-6/h4H,1-3H3,(H2,11,12). The summed E-state index contributed by atoms with van der Waals surface area (Å²) in [7, 11) is 0. The van der Waals surface area contributed by atoms with Crippen molar-refractivity contribution in [2.24, 2.45) is 0 Å². The molecule has 1 aromatic heterocycles. The molecule has 2 N–H and O–H groups in total. The van der Waals surface area contributed by atoms with Crippen molar-refractivity contribution in [1.82, 2.24) is 9.97 Å². The van der Waals surface area contributed by atoms with Crippen LogP contribution in [0.25, 0.3) is 0 Å². The molecule has 0 fully saturated rings. The molecule has 82 valence electrons. The van der Waals surface area contributed by atoms with Crippen LogP contribution in [0.5, 0.6) is 0 Å². The third-order valence-corrected chi connectivity index (χ3v) is 1.88. The van der Waals surface area contributed by atoms with E-state index in [0.29, 0.717) is 3.70 Å². The number of hydrogen-bond acceptors (Lipinski definition) is 5. The summed E-state index contributed by atoms with van der Waals surface area (Å²) in [6.45, 7) is 5.34. The summed E-state index contributed by atoms with van der Waals surface area (Å²) in [6, 6.07) is 0. The number of rotatable bonds is 1. The number of ether oxygens (including phenoxy) is 1. The number of nitrogen functional groups attached to an aromatic ring is 1. The van der Waals surface area contributed by atoms with Crippen LogP contribution in [0.3, 0.4) is 0 Å². The van der Waals surface area contributed by atoms with Crippen LogP contribution in [-0.4, -0.2) is 21.5 Å². The molecule has 1 rings (SSSR count). The molecule has 0 spiro atoms.